The van der Waals surface area contributed by atoms with Gasteiger partial charge >= 0.3 is 6.09 Å². The van der Waals surface area contributed by atoms with Gasteiger partial charge in [0.2, 0.25) is 0 Å². The quantitative estimate of drug-likeness (QED) is 0.802. The molecule has 16 heavy (non-hydrogen) atoms. The molecule has 0 aliphatic rings. The molecule has 0 fully saturated rings. The van der Waals surface area contributed by atoms with Crippen molar-refractivity contribution in [2.45, 2.75) is 32.9 Å². The number of benzene rings is 1. The number of ether oxygens (including phenoxy) is 1. The standard InChI is InChI=1S/C12H18N2O2/c1-12(2,3)16-11(15)14-10-6-4-9(8-13)5-7-10/h4-7H,8,13H2,1-3H3,(H,14,15)/p+1. The molecule has 0 unspecified atom stereocenters. The molecular weight excluding hydrogens is 204 g/mol. The van der Waals surface area contributed by atoms with Gasteiger partial charge in [0.15, 0.2) is 0 Å². The maximum absolute atomic E-state index is 11.4. The number of carbonyl (C=O) groups is 1. The van der Waals surface area contributed by atoms with Gasteiger partial charge in [-0.3, -0.25) is 5.32 Å². The SMILES string of the molecule is CC(C)(C)OC(=O)Nc1ccc(C[NH3+])cc1. The maximum Gasteiger partial charge on any atom is 0.412 e. The molecule has 1 aromatic carbocycles. The minimum absolute atomic E-state index is 0.435. The van der Waals surface area contributed by atoms with Crippen LogP contribution in [0.1, 0.15) is 26.3 Å². The molecule has 1 amide bonds. The van der Waals surface area contributed by atoms with Gasteiger partial charge in [-0.1, -0.05) is 12.1 Å². The van der Waals surface area contributed by atoms with Gasteiger partial charge in [-0.05, 0) is 32.9 Å². The average Bonchev–Trinajstić information content (AvgIpc) is 2.16. The van der Waals surface area contributed by atoms with Crippen LogP contribution in [0.15, 0.2) is 24.3 Å². The van der Waals surface area contributed by atoms with Gasteiger partial charge in [-0.25, -0.2) is 4.79 Å². The lowest BCUT2D eigenvalue weighted by atomic mass is 10.2. The molecule has 1 rings (SSSR count). The molecule has 4 nitrogen and oxygen atoms in total. The van der Waals surface area contributed by atoms with Gasteiger partial charge in [-0.15, -0.1) is 0 Å². The van der Waals surface area contributed by atoms with Crippen LogP contribution >= 0.6 is 0 Å². The number of hydrogen-bond donors (Lipinski definition) is 2. The van der Waals surface area contributed by atoms with Crippen molar-refractivity contribution in [1.29, 1.82) is 0 Å². The third-order valence-corrected chi connectivity index (χ3v) is 1.89. The third-order valence-electron chi connectivity index (χ3n) is 1.89. The molecule has 0 aliphatic heterocycles. The van der Waals surface area contributed by atoms with Gasteiger partial charge < -0.3 is 10.5 Å². The fraction of sp³-hybridized carbons (Fsp3) is 0.417. The second-order valence-corrected chi connectivity index (χ2v) is 4.57. The predicted octanol–water partition coefficient (Wildman–Crippen LogP) is 1.78. The minimum atomic E-state index is -0.475. The fourth-order valence-electron chi connectivity index (χ4n) is 1.18. The van der Waals surface area contributed by atoms with E-state index in [0.717, 1.165) is 17.8 Å². The van der Waals surface area contributed by atoms with E-state index in [1.165, 1.54) is 0 Å². The van der Waals surface area contributed by atoms with Crippen molar-refractivity contribution >= 4 is 11.8 Å². The van der Waals surface area contributed by atoms with E-state index in [2.05, 4.69) is 11.1 Å². The summed E-state index contributed by atoms with van der Waals surface area (Å²) in [5.41, 5.74) is 5.17. The van der Waals surface area contributed by atoms with Crippen LogP contribution in [0.2, 0.25) is 0 Å². The van der Waals surface area contributed by atoms with E-state index in [1.807, 2.05) is 45.0 Å². The highest BCUT2D eigenvalue weighted by molar-refractivity contribution is 5.84. The summed E-state index contributed by atoms with van der Waals surface area (Å²) in [5, 5.41) is 2.67. The number of hydrogen-bond acceptors (Lipinski definition) is 2. The Labute approximate surface area is 95.8 Å². The van der Waals surface area contributed by atoms with Gasteiger partial charge in [-0.2, -0.15) is 0 Å². The first-order chi connectivity index (χ1) is 7.40. The molecule has 4 heteroatoms. The normalized spacial score (nSPS) is 11.0. The molecule has 0 atom stereocenters. The summed E-state index contributed by atoms with van der Waals surface area (Å²) in [4.78, 5) is 11.4. The van der Waals surface area contributed by atoms with Gasteiger partial charge in [0, 0.05) is 11.3 Å². The largest absolute Gasteiger partial charge is 0.444 e. The van der Waals surface area contributed by atoms with E-state index in [0.29, 0.717) is 0 Å². The summed E-state index contributed by atoms with van der Waals surface area (Å²) >= 11 is 0. The molecule has 0 spiro atoms. The monoisotopic (exact) mass is 223 g/mol. The molecule has 0 saturated heterocycles. The first-order valence-electron chi connectivity index (χ1n) is 5.29. The summed E-state index contributed by atoms with van der Waals surface area (Å²) in [6, 6.07) is 7.54. The lowest BCUT2D eigenvalue weighted by molar-refractivity contribution is -0.386. The first kappa shape index (κ1) is 12.5. The van der Waals surface area contributed by atoms with E-state index < -0.39 is 11.7 Å². The van der Waals surface area contributed by atoms with Crippen molar-refractivity contribution in [2.75, 3.05) is 5.32 Å². The highest BCUT2D eigenvalue weighted by atomic mass is 16.6. The Balaban J connectivity index is 2.56. The molecule has 0 saturated carbocycles. The molecule has 0 aromatic heterocycles. The number of carbonyl (C=O) groups excluding carboxylic acids is 1. The van der Waals surface area contributed by atoms with Gasteiger partial charge in [0.25, 0.3) is 0 Å². The van der Waals surface area contributed by atoms with Crippen molar-refractivity contribution in [3.8, 4) is 0 Å². The number of rotatable bonds is 2. The molecule has 0 radical (unpaired) electrons. The Hall–Kier alpha value is -1.55. The molecule has 0 heterocycles. The molecule has 88 valence electrons. The summed E-state index contributed by atoms with van der Waals surface area (Å²) in [7, 11) is 0. The van der Waals surface area contributed by atoms with E-state index in [1.54, 1.807) is 0 Å². The Bertz CT molecular complexity index is 352. The van der Waals surface area contributed by atoms with Crippen LogP contribution in [-0.4, -0.2) is 11.7 Å². The molecule has 1 aromatic rings. The third kappa shape index (κ3) is 4.31. The lowest BCUT2D eigenvalue weighted by Gasteiger charge is -2.19. The predicted molar refractivity (Wildman–Crippen MR) is 62.9 cm³/mol. The number of amides is 1. The van der Waals surface area contributed by atoms with Crippen LogP contribution < -0.4 is 11.1 Å². The van der Waals surface area contributed by atoms with Crippen molar-refractivity contribution in [3.63, 3.8) is 0 Å². The minimum Gasteiger partial charge on any atom is -0.444 e. The summed E-state index contributed by atoms with van der Waals surface area (Å²) in [6.07, 6.45) is -0.435. The molecule has 4 N–H and O–H groups in total. The molecular formula is C12H19N2O2+. The number of quaternary nitrogens is 1. The van der Waals surface area contributed by atoms with E-state index in [4.69, 9.17) is 4.74 Å². The topological polar surface area (TPSA) is 66.0 Å². The van der Waals surface area contributed by atoms with Crippen LogP contribution in [0.5, 0.6) is 0 Å². The van der Waals surface area contributed by atoms with Crippen molar-refractivity contribution in [2.24, 2.45) is 0 Å². The van der Waals surface area contributed by atoms with Crippen LogP contribution in [0.3, 0.4) is 0 Å². The van der Waals surface area contributed by atoms with E-state index >= 15 is 0 Å². The fourth-order valence-corrected chi connectivity index (χ4v) is 1.18. The Morgan fingerprint density at radius 3 is 2.31 bits per heavy atom. The van der Waals surface area contributed by atoms with E-state index in [-0.39, 0.29) is 0 Å². The van der Waals surface area contributed by atoms with E-state index in [9.17, 15) is 4.79 Å². The van der Waals surface area contributed by atoms with Crippen molar-refractivity contribution in [3.05, 3.63) is 29.8 Å². The Morgan fingerprint density at radius 2 is 1.88 bits per heavy atom. The average molecular weight is 223 g/mol. The smallest absolute Gasteiger partial charge is 0.412 e. The summed E-state index contributed by atoms with van der Waals surface area (Å²) in [6.45, 7) is 6.24. The second-order valence-electron chi connectivity index (χ2n) is 4.57. The van der Waals surface area contributed by atoms with Gasteiger partial charge in [0.05, 0.1) is 6.54 Å². The highest BCUT2D eigenvalue weighted by Gasteiger charge is 2.15. The molecule has 0 bridgehead atoms. The lowest BCUT2D eigenvalue weighted by Crippen LogP contribution is -2.47. The van der Waals surface area contributed by atoms with Crippen molar-refractivity contribution < 1.29 is 15.3 Å². The van der Waals surface area contributed by atoms with Crippen LogP contribution in [0.4, 0.5) is 10.5 Å². The second kappa shape index (κ2) is 4.99. The summed E-state index contributed by atoms with van der Waals surface area (Å²) < 4.78 is 5.14. The van der Waals surface area contributed by atoms with Crippen LogP contribution in [0, 0.1) is 0 Å². The number of anilines is 1. The zero-order valence-corrected chi connectivity index (χ0v) is 10.0. The molecule has 0 aliphatic carbocycles. The Kier molecular flexibility index (Phi) is 3.90. The van der Waals surface area contributed by atoms with Gasteiger partial charge in [0.1, 0.15) is 5.60 Å². The zero-order valence-electron chi connectivity index (χ0n) is 10.0. The Morgan fingerprint density at radius 1 is 1.31 bits per heavy atom. The maximum atomic E-state index is 11.4. The van der Waals surface area contributed by atoms with Crippen LogP contribution in [0.25, 0.3) is 0 Å². The van der Waals surface area contributed by atoms with Crippen LogP contribution in [-0.2, 0) is 11.3 Å². The highest BCUT2D eigenvalue weighted by Crippen LogP contribution is 2.12. The number of nitrogens with one attached hydrogen (secondary N) is 1. The summed E-state index contributed by atoms with van der Waals surface area (Å²) in [5.74, 6) is 0. The zero-order chi connectivity index (χ0) is 12.2. The first-order valence-corrected chi connectivity index (χ1v) is 5.29. The van der Waals surface area contributed by atoms with Crippen molar-refractivity contribution in [1.82, 2.24) is 0 Å².